The minimum Gasteiger partial charge on any atom is -0.373 e. The van der Waals surface area contributed by atoms with Crippen molar-refractivity contribution >= 4 is 62.2 Å². The highest BCUT2D eigenvalue weighted by atomic mass is 35.5. The summed E-state index contributed by atoms with van der Waals surface area (Å²) in [6, 6.07) is 4.06. The normalized spacial score (nSPS) is 14.2. The highest BCUT2D eigenvalue weighted by molar-refractivity contribution is 7.92. The average Bonchev–Trinajstić information content (AvgIpc) is 2.58. The van der Waals surface area contributed by atoms with Gasteiger partial charge in [0.1, 0.15) is 0 Å². The molecule has 0 aliphatic carbocycles. The van der Waals surface area contributed by atoms with Crippen LogP contribution in [-0.4, -0.2) is 36.2 Å². The minimum atomic E-state index is -5.23. The van der Waals surface area contributed by atoms with Gasteiger partial charge in [-0.2, -0.15) is 13.2 Å². The Labute approximate surface area is 177 Å². The van der Waals surface area contributed by atoms with Crippen molar-refractivity contribution in [3.8, 4) is 0 Å². The van der Waals surface area contributed by atoms with Crippen LogP contribution in [0, 0.1) is 0 Å². The van der Waals surface area contributed by atoms with Gasteiger partial charge in [-0.15, -0.1) is 0 Å². The van der Waals surface area contributed by atoms with Crippen molar-refractivity contribution in [3.63, 3.8) is 0 Å². The number of amides is 1. The summed E-state index contributed by atoms with van der Waals surface area (Å²) in [4.78, 5) is 15.1. The van der Waals surface area contributed by atoms with E-state index in [0.717, 1.165) is 24.4 Å². The van der Waals surface area contributed by atoms with Gasteiger partial charge < -0.3 is 10.4 Å². The number of carbonyl (C=O) groups excluding carboxylic acids is 1. The lowest BCUT2D eigenvalue weighted by Gasteiger charge is -2.25. The number of alkyl halides is 3. The fraction of sp³-hybridized carbons (Fsp3) is 0.200. The Morgan fingerprint density at radius 2 is 1.76 bits per heavy atom. The highest BCUT2D eigenvalue weighted by Gasteiger charge is 2.55. The molecule has 0 saturated heterocycles. The molecule has 29 heavy (non-hydrogen) atoms. The van der Waals surface area contributed by atoms with Gasteiger partial charge in [-0.1, -0.05) is 34.8 Å². The number of rotatable bonds is 5. The average molecular weight is 493 g/mol. The molecule has 1 atom stereocenters. The molecule has 7 nitrogen and oxygen atoms in total. The molecule has 1 amide bonds. The maximum absolute atomic E-state index is 12.7. The second kappa shape index (κ2) is 8.15. The zero-order chi connectivity index (χ0) is 22.2. The number of anilines is 2. The van der Waals surface area contributed by atoms with Crippen LogP contribution in [0.2, 0.25) is 15.1 Å². The number of sulfonamides is 1. The second-order valence-electron chi connectivity index (χ2n) is 5.76. The number of benzene rings is 1. The van der Waals surface area contributed by atoms with Gasteiger partial charge in [-0.25, -0.2) is 13.4 Å². The van der Waals surface area contributed by atoms with Gasteiger partial charge in [0, 0.05) is 6.20 Å². The zero-order valence-corrected chi connectivity index (χ0v) is 17.3. The molecule has 2 aromatic rings. The molecule has 3 N–H and O–H groups in total. The van der Waals surface area contributed by atoms with E-state index in [1.165, 1.54) is 6.07 Å². The summed E-state index contributed by atoms with van der Waals surface area (Å²) < 4.78 is 65.1. The topological polar surface area (TPSA) is 108 Å². The van der Waals surface area contributed by atoms with Crippen molar-refractivity contribution in [2.75, 3.05) is 10.0 Å². The van der Waals surface area contributed by atoms with Gasteiger partial charge in [0.2, 0.25) is 5.60 Å². The number of aromatic nitrogens is 1. The molecule has 0 unspecified atom stereocenters. The van der Waals surface area contributed by atoms with E-state index in [1.807, 2.05) is 0 Å². The van der Waals surface area contributed by atoms with E-state index in [-0.39, 0.29) is 28.5 Å². The molecule has 0 aliphatic heterocycles. The minimum absolute atomic E-state index is 0.0783. The number of nitrogens with one attached hydrogen (secondary N) is 2. The first-order chi connectivity index (χ1) is 13.1. The van der Waals surface area contributed by atoms with Gasteiger partial charge in [0.25, 0.3) is 15.9 Å². The molecule has 0 fully saturated rings. The van der Waals surface area contributed by atoms with E-state index in [4.69, 9.17) is 34.8 Å². The third-order valence-electron chi connectivity index (χ3n) is 3.53. The molecular formula is C15H11Cl3F3N3O4S. The van der Waals surface area contributed by atoms with Crippen LogP contribution in [-0.2, 0) is 14.8 Å². The number of hydrogen-bond donors (Lipinski definition) is 3. The number of aliphatic hydroxyl groups is 1. The largest absolute Gasteiger partial charge is 0.426 e. The third-order valence-corrected chi connectivity index (χ3v) is 5.68. The predicted octanol–water partition coefficient (Wildman–Crippen LogP) is 4.09. The van der Waals surface area contributed by atoms with Crippen molar-refractivity contribution in [2.24, 2.45) is 0 Å². The first kappa shape index (κ1) is 23.5. The summed E-state index contributed by atoms with van der Waals surface area (Å²) >= 11 is 17.4. The molecule has 1 aromatic carbocycles. The number of pyridine rings is 1. The van der Waals surface area contributed by atoms with E-state index in [2.05, 4.69) is 9.71 Å². The Bertz CT molecular complexity index is 1060. The smallest absolute Gasteiger partial charge is 0.373 e. The number of nitrogens with zero attached hydrogens (tertiary/aromatic N) is 1. The molecule has 0 saturated carbocycles. The highest BCUT2D eigenvalue weighted by Crippen LogP contribution is 2.33. The predicted molar refractivity (Wildman–Crippen MR) is 102 cm³/mol. The van der Waals surface area contributed by atoms with Crippen molar-refractivity contribution in [1.29, 1.82) is 0 Å². The first-order valence-electron chi connectivity index (χ1n) is 7.39. The van der Waals surface area contributed by atoms with E-state index in [0.29, 0.717) is 0 Å². The number of halogens is 6. The maximum atomic E-state index is 12.7. The van der Waals surface area contributed by atoms with Crippen molar-refractivity contribution in [2.45, 2.75) is 23.6 Å². The van der Waals surface area contributed by atoms with E-state index >= 15 is 0 Å². The van der Waals surface area contributed by atoms with Crippen molar-refractivity contribution in [3.05, 3.63) is 45.5 Å². The maximum Gasteiger partial charge on any atom is 0.426 e. The van der Waals surface area contributed by atoms with E-state index in [1.54, 1.807) is 5.32 Å². The fourth-order valence-corrected chi connectivity index (χ4v) is 3.64. The Balaban J connectivity index is 2.27. The summed E-state index contributed by atoms with van der Waals surface area (Å²) in [5.41, 5.74) is -4.03. The molecule has 158 valence electrons. The van der Waals surface area contributed by atoms with Gasteiger partial charge >= 0.3 is 6.18 Å². The lowest BCUT2D eigenvalue weighted by atomic mass is 10.1. The molecule has 2 rings (SSSR count). The molecule has 14 heteroatoms. The van der Waals surface area contributed by atoms with Crippen LogP contribution >= 0.6 is 34.8 Å². The Morgan fingerprint density at radius 3 is 2.28 bits per heavy atom. The Kier molecular flexibility index (Phi) is 6.60. The molecular weight excluding hydrogens is 482 g/mol. The molecule has 1 heterocycles. The molecule has 0 radical (unpaired) electrons. The summed E-state index contributed by atoms with van der Waals surface area (Å²) in [5, 5.41) is 10.9. The lowest BCUT2D eigenvalue weighted by Crippen LogP contribution is -2.52. The third kappa shape index (κ3) is 5.23. The molecule has 0 spiro atoms. The molecule has 1 aromatic heterocycles. The lowest BCUT2D eigenvalue weighted by molar-refractivity contribution is -0.242. The van der Waals surface area contributed by atoms with Gasteiger partial charge in [0.15, 0.2) is 5.82 Å². The monoisotopic (exact) mass is 491 g/mol. The number of hydrogen-bond acceptors (Lipinski definition) is 5. The number of carbonyl (C=O) groups is 1. The van der Waals surface area contributed by atoms with Crippen LogP contribution in [0.5, 0.6) is 0 Å². The molecule has 0 aliphatic rings. The van der Waals surface area contributed by atoms with Crippen LogP contribution < -0.4 is 10.0 Å². The van der Waals surface area contributed by atoms with E-state index in [9.17, 15) is 31.5 Å². The Morgan fingerprint density at radius 1 is 1.14 bits per heavy atom. The Hall–Kier alpha value is -1.79. The fourth-order valence-electron chi connectivity index (χ4n) is 1.81. The SMILES string of the molecule is C[C@@](O)(C(=O)Nc1ccc(S(=O)(=O)Nc2ncc(Cl)cc2Cl)cc1Cl)C(F)(F)F. The van der Waals surface area contributed by atoms with Gasteiger partial charge in [-0.3, -0.25) is 9.52 Å². The van der Waals surface area contributed by atoms with Crippen LogP contribution in [0.25, 0.3) is 0 Å². The van der Waals surface area contributed by atoms with Crippen LogP contribution in [0.1, 0.15) is 6.92 Å². The zero-order valence-electron chi connectivity index (χ0n) is 14.2. The van der Waals surface area contributed by atoms with Gasteiger partial charge in [-0.05, 0) is 31.2 Å². The molecule has 0 bridgehead atoms. The van der Waals surface area contributed by atoms with Crippen LogP contribution in [0.15, 0.2) is 35.4 Å². The first-order valence-corrected chi connectivity index (χ1v) is 10.0. The van der Waals surface area contributed by atoms with Gasteiger partial charge in [0.05, 0.1) is 25.7 Å². The summed E-state index contributed by atoms with van der Waals surface area (Å²) in [7, 11) is -4.23. The summed E-state index contributed by atoms with van der Waals surface area (Å²) in [5.74, 6) is -2.01. The van der Waals surface area contributed by atoms with Crippen molar-refractivity contribution < 1.29 is 31.5 Å². The summed E-state index contributed by atoms with van der Waals surface area (Å²) in [6.07, 6.45) is -4.08. The quantitative estimate of drug-likeness (QED) is 0.582. The standard InChI is InChI=1S/C15H11Cl3F3N3O4S/c1-14(26,15(19,20)21)13(25)23-11-3-2-8(5-9(11)17)29(27,28)24-12-10(18)4-7(16)6-22-12/h2-6,26H,1H3,(H,22,24)(H,23,25)/t14-/m1/s1. The second-order valence-corrected chi connectivity index (χ2v) is 8.69. The van der Waals surface area contributed by atoms with E-state index < -0.39 is 37.6 Å². The van der Waals surface area contributed by atoms with Crippen molar-refractivity contribution in [1.82, 2.24) is 4.98 Å². The summed E-state index contributed by atoms with van der Waals surface area (Å²) in [6.45, 7) is 0.266. The van der Waals surface area contributed by atoms with Crippen LogP contribution in [0.4, 0.5) is 24.7 Å². The van der Waals surface area contributed by atoms with Crippen LogP contribution in [0.3, 0.4) is 0 Å².